The highest BCUT2D eigenvalue weighted by Gasteiger charge is 2.35. The summed E-state index contributed by atoms with van der Waals surface area (Å²) in [7, 11) is -3.90. The number of sulfonamides is 1. The van der Waals surface area contributed by atoms with Crippen LogP contribution >= 0.6 is 24.0 Å². The summed E-state index contributed by atoms with van der Waals surface area (Å²) in [6.45, 7) is 2.78. The van der Waals surface area contributed by atoms with Gasteiger partial charge in [-0.2, -0.15) is 4.31 Å². The van der Waals surface area contributed by atoms with Gasteiger partial charge in [0.25, 0.3) is 5.69 Å². The lowest BCUT2D eigenvalue weighted by molar-refractivity contribution is -0.385. The number of hydrogen-bond donors (Lipinski definition) is 1. The summed E-state index contributed by atoms with van der Waals surface area (Å²) in [4.78, 5) is 10.5. The van der Waals surface area contributed by atoms with Crippen LogP contribution in [-0.2, 0) is 10.0 Å². The van der Waals surface area contributed by atoms with Crippen molar-refractivity contribution in [3.8, 4) is 0 Å². The third-order valence-electron chi connectivity index (χ3n) is 4.41. The molecule has 2 aromatic rings. The third kappa shape index (κ3) is 4.41. The summed E-state index contributed by atoms with van der Waals surface area (Å²) in [5, 5.41) is 14.9. The Hall–Kier alpha value is -1.71. The zero-order valence-electron chi connectivity index (χ0n) is 14.5. The molecule has 0 bridgehead atoms. The van der Waals surface area contributed by atoms with E-state index in [9.17, 15) is 18.5 Å². The van der Waals surface area contributed by atoms with E-state index < -0.39 is 21.0 Å². The van der Waals surface area contributed by atoms with Crippen LogP contribution in [-0.4, -0.2) is 37.3 Å². The Balaban J connectivity index is 0.00000261. The van der Waals surface area contributed by atoms with E-state index in [-0.39, 0.29) is 29.5 Å². The van der Waals surface area contributed by atoms with Gasteiger partial charge in [0.05, 0.1) is 15.9 Å². The Morgan fingerprint density at radius 2 is 2.00 bits per heavy atom. The van der Waals surface area contributed by atoms with Gasteiger partial charge in [-0.3, -0.25) is 10.1 Å². The number of nitro benzene ring substituents is 1. The smallest absolute Gasteiger partial charge is 0.273 e. The average molecular weight is 432 g/mol. The maximum Gasteiger partial charge on any atom is 0.273 e. The predicted octanol–water partition coefficient (Wildman–Crippen LogP) is 3.31. The molecule has 1 aliphatic heterocycles. The fourth-order valence-electron chi connectivity index (χ4n) is 3.05. The minimum absolute atomic E-state index is 0. The minimum Gasteiger partial charge on any atom is -0.313 e. The summed E-state index contributed by atoms with van der Waals surface area (Å²) < 4.78 is 27.7. The van der Waals surface area contributed by atoms with E-state index in [1.807, 2.05) is 6.07 Å². The van der Waals surface area contributed by atoms with Crippen molar-refractivity contribution >= 4 is 39.7 Å². The van der Waals surface area contributed by atoms with Crippen LogP contribution in [0.3, 0.4) is 0 Å². The molecule has 1 fully saturated rings. The SMILES string of the molecule is Cc1ccc(S(=O)(=O)N2CCNCC2c2cccc(Cl)c2)cc1[N+](=O)[O-].Cl. The summed E-state index contributed by atoms with van der Waals surface area (Å²) in [6, 6.07) is 10.6. The van der Waals surface area contributed by atoms with Gasteiger partial charge in [-0.05, 0) is 30.7 Å². The second-order valence-electron chi connectivity index (χ2n) is 6.10. The molecule has 3 rings (SSSR count). The Labute approximate surface area is 168 Å². The Morgan fingerprint density at radius 3 is 2.67 bits per heavy atom. The molecule has 0 amide bonds. The summed E-state index contributed by atoms with van der Waals surface area (Å²) in [6.07, 6.45) is 0. The first-order valence-corrected chi connectivity index (χ1v) is 9.85. The summed E-state index contributed by atoms with van der Waals surface area (Å²) in [5.74, 6) is 0. The van der Waals surface area contributed by atoms with Gasteiger partial charge >= 0.3 is 0 Å². The number of halogens is 2. The quantitative estimate of drug-likeness (QED) is 0.591. The molecule has 1 unspecified atom stereocenters. The van der Waals surface area contributed by atoms with Gasteiger partial charge in [-0.15, -0.1) is 12.4 Å². The van der Waals surface area contributed by atoms with Gasteiger partial charge in [0.15, 0.2) is 0 Å². The molecule has 1 N–H and O–H groups in total. The monoisotopic (exact) mass is 431 g/mol. The molecule has 10 heteroatoms. The Bertz CT molecular complexity index is 953. The van der Waals surface area contributed by atoms with Crippen LogP contribution in [0.1, 0.15) is 17.2 Å². The maximum atomic E-state index is 13.2. The normalized spacial score (nSPS) is 17.9. The zero-order chi connectivity index (χ0) is 18.9. The van der Waals surface area contributed by atoms with E-state index in [4.69, 9.17) is 11.6 Å². The molecule has 0 spiro atoms. The lowest BCUT2D eigenvalue weighted by Gasteiger charge is -2.35. The molecule has 1 atom stereocenters. The molecule has 1 heterocycles. The molecular formula is C17H19Cl2N3O4S. The molecule has 0 aromatic heterocycles. The number of nitrogens with one attached hydrogen (secondary N) is 1. The largest absolute Gasteiger partial charge is 0.313 e. The topological polar surface area (TPSA) is 92.6 Å². The summed E-state index contributed by atoms with van der Waals surface area (Å²) >= 11 is 6.05. The number of piperazine rings is 1. The van der Waals surface area contributed by atoms with Crippen molar-refractivity contribution in [1.29, 1.82) is 0 Å². The second kappa shape index (κ2) is 8.53. The molecule has 1 aliphatic rings. The molecular weight excluding hydrogens is 413 g/mol. The van der Waals surface area contributed by atoms with E-state index >= 15 is 0 Å². The number of aryl methyl sites for hydroxylation is 1. The molecule has 146 valence electrons. The van der Waals surface area contributed by atoms with Crippen molar-refractivity contribution in [3.63, 3.8) is 0 Å². The van der Waals surface area contributed by atoms with Crippen molar-refractivity contribution < 1.29 is 13.3 Å². The maximum absolute atomic E-state index is 13.2. The van der Waals surface area contributed by atoms with Crippen molar-refractivity contribution in [2.75, 3.05) is 19.6 Å². The van der Waals surface area contributed by atoms with Crippen molar-refractivity contribution in [3.05, 3.63) is 68.7 Å². The van der Waals surface area contributed by atoms with Crippen molar-refractivity contribution in [2.45, 2.75) is 17.9 Å². The van der Waals surface area contributed by atoms with Crippen molar-refractivity contribution in [2.24, 2.45) is 0 Å². The number of rotatable bonds is 4. The van der Waals surface area contributed by atoms with Crippen molar-refractivity contribution in [1.82, 2.24) is 9.62 Å². The molecule has 0 saturated carbocycles. The second-order valence-corrected chi connectivity index (χ2v) is 8.42. The standard InChI is InChI=1S/C17H18ClN3O4S.ClH/c1-12-5-6-15(10-16(12)21(22)23)26(24,25)20-8-7-19-11-17(20)13-3-2-4-14(18)9-13;/h2-6,9-10,17,19H,7-8,11H2,1H3;1H. The van der Waals surface area contributed by atoms with Crippen LogP contribution in [0, 0.1) is 17.0 Å². The van der Waals surface area contributed by atoms with Gasteiger partial charge in [0.2, 0.25) is 10.0 Å². The highest BCUT2D eigenvalue weighted by Crippen LogP contribution is 2.32. The molecule has 27 heavy (non-hydrogen) atoms. The van der Waals surface area contributed by atoms with Crippen LogP contribution in [0.4, 0.5) is 5.69 Å². The third-order valence-corrected chi connectivity index (χ3v) is 6.55. The average Bonchev–Trinajstić information content (AvgIpc) is 2.61. The van der Waals surface area contributed by atoms with Gasteiger partial charge < -0.3 is 5.32 Å². The highest BCUT2D eigenvalue weighted by molar-refractivity contribution is 7.89. The van der Waals surface area contributed by atoms with E-state index in [1.54, 1.807) is 25.1 Å². The van der Waals surface area contributed by atoms with Gasteiger partial charge in [0.1, 0.15) is 0 Å². The predicted molar refractivity (Wildman–Crippen MR) is 106 cm³/mol. The number of hydrogen-bond acceptors (Lipinski definition) is 5. The van der Waals surface area contributed by atoms with Crippen LogP contribution in [0.25, 0.3) is 0 Å². The first-order chi connectivity index (χ1) is 12.3. The Morgan fingerprint density at radius 1 is 1.26 bits per heavy atom. The number of nitrogens with zero attached hydrogens (tertiary/aromatic N) is 2. The van der Waals surface area contributed by atoms with Crippen LogP contribution in [0.5, 0.6) is 0 Å². The molecule has 1 saturated heterocycles. The van der Waals surface area contributed by atoms with Gasteiger partial charge in [0, 0.05) is 36.3 Å². The van der Waals surface area contributed by atoms with E-state index in [0.717, 1.165) is 11.6 Å². The number of benzene rings is 2. The number of nitro groups is 1. The van der Waals surface area contributed by atoms with Crippen LogP contribution < -0.4 is 5.32 Å². The van der Waals surface area contributed by atoms with Crippen LogP contribution in [0.2, 0.25) is 5.02 Å². The molecule has 0 aliphatic carbocycles. The zero-order valence-corrected chi connectivity index (χ0v) is 16.9. The molecule has 7 nitrogen and oxygen atoms in total. The highest BCUT2D eigenvalue weighted by atomic mass is 35.5. The summed E-state index contributed by atoms with van der Waals surface area (Å²) in [5.41, 5.74) is 0.982. The van der Waals surface area contributed by atoms with E-state index in [0.29, 0.717) is 23.7 Å². The molecule has 2 aromatic carbocycles. The van der Waals surface area contributed by atoms with E-state index in [2.05, 4.69) is 5.32 Å². The lowest BCUT2D eigenvalue weighted by atomic mass is 10.1. The minimum atomic E-state index is -3.90. The first kappa shape index (κ1) is 21.6. The van der Waals surface area contributed by atoms with Gasteiger partial charge in [-0.25, -0.2) is 8.42 Å². The fraction of sp³-hybridized carbons (Fsp3) is 0.294. The fourth-order valence-corrected chi connectivity index (χ4v) is 4.89. The molecule has 0 radical (unpaired) electrons. The first-order valence-electron chi connectivity index (χ1n) is 8.04. The van der Waals surface area contributed by atoms with Crippen LogP contribution in [0.15, 0.2) is 47.4 Å². The van der Waals surface area contributed by atoms with E-state index in [1.165, 1.54) is 16.4 Å². The lowest BCUT2D eigenvalue weighted by Crippen LogP contribution is -2.48. The Kier molecular flexibility index (Phi) is 6.82. The van der Waals surface area contributed by atoms with Gasteiger partial charge in [-0.1, -0.05) is 29.8 Å².